The lowest BCUT2D eigenvalue weighted by Crippen LogP contribution is -2.30. The number of rotatable bonds is 41. The summed E-state index contributed by atoms with van der Waals surface area (Å²) in [5, 5.41) is 0. The molecule has 0 N–H and O–H groups in total. The van der Waals surface area contributed by atoms with Gasteiger partial charge in [-0.3, -0.25) is 14.4 Å². The van der Waals surface area contributed by atoms with Gasteiger partial charge in [-0.2, -0.15) is 0 Å². The van der Waals surface area contributed by atoms with Crippen LogP contribution in [0, 0.1) is 0 Å². The van der Waals surface area contributed by atoms with Crippen LogP contribution in [0.4, 0.5) is 0 Å². The molecule has 0 aromatic carbocycles. The van der Waals surface area contributed by atoms with Crippen molar-refractivity contribution in [1.29, 1.82) is 0 Å². The molecule has 0 spiro atoms. The first-order valence-electron chi connectivity index (χ1n) is 24.4. The largest absolute Gasteiger partial charge is 0.462 e. The summed E-state index contributed by atoms with van der Waals surface area (Å²) in [6.07, 6.45) is 71.3. The van der Waals surface area contributed by atoms with Crippen molar-refractivity contribution in [2.45, 2.75) is 181 Å². The molecule has 0 aliphatic rings. The fourth-order valence-electron chi connectivity index (χ4n) is 5.72. The van der Waals surface area contributed by atoms with Crippen molar-refractivity contribution in [3.63, 3.8) is 0 Å². The van der Waals surface area contributed by atoms with Crippen LogP contribution in [-0.4, -0.2) is 37.2 Å². The normalized spacial score (nSPS) is 13.4. The molecule has 63 heavy (non-hydrogen) atoms. The highest BCUT2D eigenvalue weighted by atomic mass is 16.6. The van der Waals surface area contributed by atoms with Crippen LogP contribution in [0.25, 0.3) is 0 Å². The highest BCUT2D eigenvalue weighted by Gasteiger charge is 2.19. The van der Waals surface area contributed by atoms with Crippen molar-refractivity contribution < 1.29 is 28.6 Å². The Morgan fingerprint density at radius 2 is 0.683 bits per heavy atom. The first-order valence-corrected chi connectivity index (χ1v) is 24.4. The van der Waals surface area contributed by atoms with Crippen molar-refractivity contribution in [2.24, 2.45) is 0 Å². The number of allylic oxidation sites excluding steroid dienone is 24. The molecule has 1 unspecified atom stereocenters. The zero-order valence-electron chi connectivity index (χ0n) is 39.8. The summed E-state index contributed by atoms with van der Waals surface area (Å²) in [4.78, 5) is 37.8. The maximum atomic E-state index is 12.8. The Kier molecular flexibility index (Phi) is 46.2. The van der Waals surface area contributed by atoms with Gasteiger partial charge >= 0.3 is 17.9 Å². The molecule has 0 aliphatic carbocycles. The molecule has 6 nitrogen and oxygen atoms in total. The van der Waals surface area contributed by atoms with E-state index in [9.17, 15) is 14.4 Å². The van der Waals surface area contributed by atoms with Crippen LogP contribution >= 0.6 is 0 Å². The minimum Gasteiger partial charge on any atom is -0.462 e. The average Bonchev–Trinajstić information content (AvgIpc) is 3.28. The minimum absolute atomic E-state index is 0.139. The molecule has 0 bridgehead atoms. The van der Waals surface area contributed by atoms with Crippen LogP contribution in [-0.2, 0) is 28.6 Å². The lowest BCUT2D eigenvalue weighted by Gasteiger charge is -2.18. The maximum Gasteiger partial charge on any atom is 0.306 e. The molecule has 0 saturated heterocycles. The van der Waals surface area contributed by atoms with Gasteiger partial charge < -0.3 is 14.2 Å². The van der Waals surface area contributed by atoms with Crippen LogP contribution in [0.3, 0.4) is 0 Å². The third-order valence-electron chi connectivity index (χ3n) is 9.34. The van der Waals surface area contributed by atoms with E-state index in [4.69, 9.17) is 14.2 Å². The molecule has 6 heteroatoms. The standard InChI is InChI=1S/C57H86O6/c1-4-7-10-13-16-19-22-24-26-28-30-32-35-38-41-44-47-50-56(59)62-53-54(52-61-55(58)49-46-43-40-37-34-21-18-15-12-9-6-3)63-57(60)51-48-45-42-39-36-33-31-29-27-25-23-20-17-14-11-8-5-2/h7-8,10-11,15-21,24-27,30-34,38-39,41-42,54H,4-6,9,12-14,22-23,28-29,35-37,40,43-53H2,1-3H3/b10-7-,11-8-,18-15-,19-16-,20-17-,26-24-,27-25-,32-30-,33-31-,34-21-,41-38-,42-39-. The molecule has 0 heterocycles. The van der Waals surface area contributed by atoms with E-state index in [0.717, 1.165) is 109 Å². The lowest BCUT2D eigenvalue weighted by atomic mass is 10.1. The second-order valence-corrected chi connectivity index (χ2v) is 15.3. The molecule has 0 amide bonds. The van der Waals surface area contributed by atoms with Crippen LogP contribution < -0.4 is 0 Å². The molecule has 350 valence electrons. The molecule has 0 fully saturated rings. The smallest absolute Gasteiger partial charge is 0.306 e. The SMILES string of the molecule is CC/C=C\C/C=C\C/C=C\C/C=C\C/C=C\CCCC(=O)OCC(COC(=O)CCCCC/C=C\C=C/CCCC)OC(=O)CCC/C=C\C/C=C\C/C=C\C/C=C\C/C=C\CC. The van der Waals surface area contributed by atoms with Gasteiger partial charge in [0, 0.05) is 19.3 Å². The summed E-state index contributed by atoms with van der Waals surface area (Å²) in [6.45, 7) is 6.19. The molecule has 1 atom stereocenters. The third kappa shape index (κ3) is 48.2. The van der Waals surface area contributed by atoms with E-state index in [2.05, 4.69) is 167 Å². The Morgan fingerprint density at radius 3 is 1.08 bits per heavy atom. The average molecular weight is 867 g/mol. The molecule has 0 saturated carbocycles. The topological polar surface area (TPSA) is 78.9 Å². The van der Waals surface area contributed by atoms with E-state index >= 15 is 0 Å². The van der Waals surface area contributed by atoms with E-state index in [1.807, 2.05) is 0 Å². The van der Waals surface area contributed by atoms with Gasteiger partial charge in [0.25, 0.3) is 0 Å². The minimum atomic E-state index is -0.847. The molecule has 0 radical (unpaired) electrons. The maximum absolute atomic E-state index is 12.8. The Morgan fingerprint density at radius 1 is 0.349 bits per heavy atom. The Hall–Kier alpha value is -4.71. The number of carbonyl (C=O) groups is 3. The fraction of sp³-hybridized carbons (Fsp3) is 0.526. The number of hydrogen-bond donors (Lipinski definition) is 0. The van der Waals surface area contributed by atoms with Gasteiger partial charge in [0.15, 0.2) is 6.10 Å². The van der Waals surface area contributed by atoms with Gasteiger partial charge in [-0.15, -0.1) is 0 Å². The zero-order valence-corrected chi connectivity index (χ0v) is 39.8. The van der Waals surface area contributed by atoms with Crippen molar-refractivity contribution >= 4 is 17.9 Å². The van der Waals surface area contributed by atoms with Gasteiger partial charge in [-0.1, -0.05) is 186 Å². The highest BCUT2D eigenvalue weighted by Crippen LogP contribution is 2.09. The highest BCUT2D eigenvalue weighted by molar-refractivity contribution is 5.71. The molecule has 0 aromatic rings. The van der Waals surface area contributed by atoms with Crippen LogP contribution in [0.15, 0.2) is 146 Å². The summed E-state index contributed by atoms with van der Waals surface area (Å²) < 4.78 is 16.6. The van der Waals surface area contributed by atoms with Crippen molar-refractivity contribution in [3.8, 4) is 0 Å². The summed E-state index contributed by atoms with van der Waals surface area (Å²) >= 11 is 0. The number of esters is 3. The Balaban J connectivity index is 4.63. The van der Waals surface area contributed by atoms with E-state index in [1.54, 1.807) is 0 Å². The Bertz CT molecular complexity index is 1460. The fourth-order valence-corrected chi connectivity index (χ4v) is 5.72. The van der Waals surface area contributed by atoms with Crippen molar-refractivity contribution in [3.05, 3.63) is 146 Å². The van der Waals surface area contributed by atoms with Gasteiger partial charge in [-0.05, 0) is 116 Å². The van der Waals surface area contributed by atoms with Crippen LogP contribution in [0.5, 0.6) is 0 Å². The molecular formula is C57H86O6. The van der Waals surface area contributed by atoms with Crippen LogP contribution in [0.2, 0.25) is 0 Å². The zero-order chi connectivity index (χ0) is 45.8. The monoisotopic (exact) mass is 867 g/mol. The number of unbranched alkanes of at least 4 members (excludes halogenated alkanes) is 7. The molecular weight excluding hydrogens is 781 g/mol. The number of hydrogen-bond acceptors (Lipinski definition) is 6. The lowest BCUT2D eigenvalue weighted by molar-refractivity contribution is -0.167. The van der Waals surface area contributed by atoms with Gasteiger partial charge in [-0.25, -0.2) is 0 Å². The molecule has 0 aromatic heterocycles. The number of ether oxygens (including phenoxy) is 3. The quantitative estimate of drug-likeness (QED) is 0.0200. The predicted octanol–water partition coefficient (Wildman–Crippen LogP) is 16.1. The summed E-state index contributed by atoms with van der Waals surface area (Å²) in [5.41, 5.74) is 0. The van der Waals surface area contributed by atoms with Crippen LogP contribution in [0.1, 0.15) is 175 Å². The van der Waals surface area contributed by atoms with Gasteiger partial charge in [0.1, 0.15) is 13.2 Å². The molecule has 0 rings (SSSR count). The second kappa shape index (κ2) is 49.9. The third-order valence-corrected chi connectivity index (χ3v) is 9.34. The summed E-state index contributed by atoms with van der Waals surface area (Å²) in [7, 11) is 0. The number of carbonyl (C=O) groups excluding carboxylic acids is 3. The van der Waals surface area contributed by atoms with Gasteiger partial charge in [0.05, 0.1) is 0 Å². The van der Waals surface area contributed by atoms with Crippen molar-refractivity contribution in [1.82, 2.24) is 0 Å². The van der Waals surface area contributed by atoms with Crippen molar-refractivity contribution in [2.75, 3.05) is 13.2 Å². The van der Waals surface area contributed by atoms with E-state index in [0.29, 0.717) is 19.3 Å². The summed E-state index contributed by atoms with van der Waals surface area (Å²) in [5.74, 6) is -1.10. The summed E-state index contributed by atoms with van der Waals surface area (Å²) in [6, 6.07) is 0. The predicted molar refractivity (Wildman–Crippen MR) is 269 cm³/mol. The first-order chi connectivity index (χ1) is 31.0. The van der Waals surface area contributed by atoms with Gasteiger partial charge in [0.2, 0.25) is 0 Å². The first kappa shape index (κ1) is 58.3. The second-order valence-electron chi connectivity index (χ2n) is 15.3. The van der Waals surface area contributed by atoms with E-state index in [1.165, 1.54) is 12.8 Å². The van der Waals surface area contributed by atoms with E-state index < -0.39 is 12.1 Å². The Labute approximate surface area is 385 Å². The molecule has 0 aliphatic heterocycles. The van der Waals surface area contributed by atoms with E-state index in [-0.39, 0.29) is 38.0 Å².